The Morgan fingerprint density at radius 3 is 2.78 bits per heavy atom. The number of amides is 1. The number of aryl methyl sites for hydroxylation is 1. The van der Waals surface area contributed by atoms with Gasteiger partial charge in [-0.3, -0.25) is 14.9 Å². The molecule has 0 spiro atoms. The van der Waals surface area contributed by atoms with Crippen LogP contribution in [-0.2, 0) is 30.7 Å². The molecule has 2 aliphatic rings. The number of nitrogens with zero attached hydrogens (tertiary/aromatic N) is 3. The number of benzene rings is 1. The average molecular weight is 433 g/mol. The summed E-state index contributed by atoms with van der Waals surface area (Å²) in [6.45, 7) is 2.30. The number of hydrogen-bond acceptors (Lipinski definition) is 5. The van der Waals surface area contributed by atoms with Crippen molar-refractivity contribution in [3.05, 3.63) is 76.9 Å². The summed E-state index contributed by atoms with van der Waals surface area (Å²) in [5.74, 6) is 0.770. The Balaban J connectivity index is 1.35. The second-order valence-corrected chi connectivity index (χ2v) is 8.47. The first-order valence-corrected chi connectivity index (χ1v) is 11.3. The summed E-state index contributed by atoms with van der Waals surface area (Å²) in [5.41, 5.74) is 4.63. The molecule has 2 aromatic heterocycles. The maximum absolute atomic E-state index is 13.6. The highest BCUT2D eigenvalue weighted by Gasteiger charge is 2.26. The summed E-state index contributed by atoms with van der Waals surface area (Å²) >= 11 is 0. The van der Waals surface area contributed by atoms with Gasteiger partial charge in [-0.05, 0) is 55.5 Å². The van der Waals surface area contributed by atoms with Crippen LogP contribution < -0.4 is 4.74 Å². The number of rotatable bonds is 7. The lowest BCUT2D eigenvalue weighted by atomic mass is 9.95. The number of aromatic amines is 1. The van der Waals surface area contributed by atoms with Gasteiger partial charge in [-0.2, -0.15) is 5.10 Å². The van der Waals surface area contributed by atoms with E-state index < -0.39 is 0 Å². The Kier molecular flexibility index (Phi) is 6.16. The number of fused-ring (bicyclic) bond motifs is 1. The van der Waals surface area contributed by atoms with Crippen LogP contribution in [0.15, 0.2) is 48.7 Å². The zero-order chi connectivity index (χ0) is 21.8. The van der Waals surface area contributed by atoms with E-state index in [0.717, 1.165) is 67.0 Å². The van der Waals surface area contributed by atoms with Gasteiger partial charge in [0.2, 0.25) is 0 Å². The van der Waals surface area contributed by atoms with E-state index in [4.69, 9.17) is 9.47 Å². The van der Waals surface area contributed by atoms with Crippen molar-refractivity contribution in [3.8, 4) is 5.75 Å². The first-order chi connectivity index (χ1) is 15.8. The highest BCUT2D eigenvalue weighted by Crippen LogP contribution is 2.25. The molecule has 5 rings (SSSR count). The van der Waals surface area contributed by atoms with E-state index in [9.17, 15) is 4.79 Å². The van der Waals surface area contributed by atoms with Gasteiger partial charge in [0, 0.05) is 30.4 Å². The number of ether oxygens (including phenoxy) is 2. The minimum Gasteiger partial charge on any atom is -0.488 e. The molecule has 166 valence electrons. The van der Waals surface area contributed by atoms with Crippen LogP contribution in [0.25, 0.3) is 0 Å². The van der Waals surface area contributed by atoms with Crippen LogP contribution in [0.2, 0.25) is 0 Å². The van der Waals surface area contributed by atoms with E-state index in [0.29, 0.717) is 25.4 Å². The summed E-state index contributed by atoms with van der Waals surface area (Å²) in [4.78, 5) is 19.8. The number of carbonyl (C=O) groups is 1. The zero-order valence-corrected chi connectivity index (χ0v) is 18.1. The Morgan fingerprint density at radius 2 is 2.00 bits per heavy atom. The number of H-pyrrole nitrogens is 1. The summed E-state index contributed by atoms with van der Waals surface area (Å²) < 4.78 is 11.3. The number of carbonyl (C=O) groups excluding carboxylic acids is 1. The molecule has 1 aromatic carbocycles. The van der Waals surface area contributed by atoms with Gasteiger partial charge in [-0.15, -0.1) is 0 Å². The van der Waals surface area contributed by atoms with Gasteiger partial charge in [0.25, 0.3) is 5.91 Å². The van der Waals surface area contributed by atoms with Crippen molar-refractivity contribution in [2.24, 2.45) is 0 Å². The summed E-state index contributed by atoms with van der Waals surface area (Å²) in [6.07, 6.45) is 6.90. The van der Waals surface area contributed by atoms with Gasteiger partial charge in [0.15, 0.2) is 5.69 Å². The molecule has 1 fully saturated rings. The molecule has 3 heterocycles. The Labute approximate surface area is 187 Å². The number of hydrogen-bond donors (Lipinski definition) is 1. The topological polar surface area (TPSA) is 80.3 Å². The molecule has 1 N–H and O–H groups in total. The molecule has 32 heavy (non-hydrogen) atoms. The van der Waals surface area contributed by atoms with Crippen LogP contribution in [-0.4, -0.2) is 45.3 Å². The lowest BCUT2D eigenvalue weighted by Crippen LogP contribution is -2.31. The molecule has 0 saturated carbocycles. The van der Waals surface area contributed by atoms with E-state index >= 15 is 0 Å². The van der Waals surface area contributed by atoms with Crippen molar-refractivity contribution < 1.29 is 14.3 Å². The second-order valence-electron chi connectivity index (χ2n) is 8.47. The van der Waals surface area contributed by atoms with Gasteiger partial charge in [-0.25, -0.2) is 0 Å². The molecule has 1 amide bonds. The molecule has 0 bridgehead atoms. The van der Waals surface area contributed by atoms with Crippen LogP contribution in [0.4, 0.5) is 0 Å². The van der Waals surface area contributed by atoms with E-state index in [1.54, 1.807) is 6.20 Å². The number of pyridine rings is 1. The SMILES string of the molecule is O=C(c1n[nH]c2c1CCCC2)N(Cc1ccc(OC2CCOC2)cc1)Cc1ccccn1. The van der Waals surface area contributed by atoms with Gasteiger partial charge >= 0.3 is 0 Å². The van der Waals surface area contributed by atoms with Gasteiger partial charge in [0.1, 0.15) is 11.9 Å². The molecule has 0 radical (unpaired) electrons. The number of nitrogens with one attached hydrogen (secondary N) is 1. The normalized spacial score (nSPS) is 17.7. The minimum absolute atomic E-state index is 0.0570. The van der Waals surface area contributed by atoms with Crippen LogP contribution in [0.1, 0.15) is 52.3 Å². The third kappa shape index (κ3) is 4.67. The predicted molar refractivity (Wildman–Crippen MR) is 119 cm³/mol. The van der Waals surface area contributed by atoms with Crippen molar-refractivity contribution >= 4 is 5.91 Å². The Morgan fingerprint density at radius 1 is 1.12 bits per heavy atom. The van der Waals surface area contributed by atoms with Crippen molar-refractivity contribution in [1.82, 2.24) is 20.1 Å². The monoisotopic (exact) mass is 432 g/mol. The maximum Gasteiger partial charge on any atom is 0.275 e. The van der Waals surface area contributed by atoms with Crippen molar-refractivity contribution in [3.63, 3.8) is 0 Å². The fraction of sp³-hybridized carbons (Fsp3) is 0.400. The van der Waals surface area contributed by atoms with Gasteiger partial charge < -0.3 is 14.4 Å². The Bertz CT molecular complexity index is 1040. The molecule has 3 aromatic rings. The average Bonchev–Trinajstić information content (AvgIpc) is 3.50. The van der Waals surface area contributed by atoms with Crippen molar-refractivity contribution in [2.45, 2.75) is 51.3 Å². The minimum atomic E-state index is -0.0570. The fourth-order valence-corrected chi connectivity index (χ4v) is 4.39. The summed E-state index contributed by atoms with van der Waals surface area (Å²) in [6, 6.07) is 13.7. The lowest BCUT2D eigenvalue weighted by Gasteiger charge is -2.23. The van der Waals surface area contributed by atoms with Gasteiger partial charge in [0.05, 0.1) is 25.5 Å². The summed E-state index contributed by atoms with van der Waals surface area (Å²) in [5, 5.41) is 7.50. The first-order valence-electron chi connectivity index (χ1n) is 11.3. The molecule has 1 aliphatic carbocycles. The smallest absolute Gasteiger partial charge is 0.275 e. The largest absolute Gasteiger partial charge is 0.488 e. The van der Waals surface area contributed by atoms with E-state index in [-0.39, 0.29) is 12.0 Å². The van der Waals surface area contributed by atoms with Crippen LogP contribution in [0, 0.1) is 0 Å². The van der Waals surface area contributed by atoms with E-state index in [2.05, 4.69) is 15.2 Å². The van der Waals surface area contributed by atoms with E-state index in [1.807, 2.05) is 47.4 Å². The first kappa shape index (κ1) is 20.7. The zero-order valence-electron chi connectivity index (χ0n) is 18.1. The molecular weight excluding hydrogens is 404 g/mol. The highest BCUT2D eigenvalue weighted by molar-refractivity contribution is 5.94. The molecular formula is C25H28N4O3. The van der Waals surface area contributed by atoms with Crippen LogP contribution in [0.5, 0.6) is 5.75 Å². The number of aromatic nitrogens is 3. The molecule has 7 nitrogen and oxygen atoms in total. The standard InChI is InChI=1S/C25H28N4O3/c30-25(24-22-6-1-2-7-23(22)27-28-24)29(16-19-5-3-4-13-26-19)15-18-8-10-20(11-9-18)32-21-12-14-31-17-21/h3-5,8-11,13,21H,1-2,6-7,12,14-17H2,(H,27,28). The molecule has 1 saturated heterocycles. The van der Waals surface area contributed by atoms with Crippen molar-refractivity contribution in [1.29, 1.82) is 0 Å². The highest BCUT2D eigenvalue weighted by atomic mass is 16.5. The van der Waals surface area contributed by atoms with Gasteiger partial charge in [-0.1, -0.05) is 18.2 Å². The van der Waals surface area contributed by atoms with Crippen LogP contribution >= 0.6 is 0 Å². The van der Waals surface area contributed by atoms with Crippen molar-refractivity contribution in [2.75, 3.05) is 13.2 Å². The summed E-state index contributed by atoms with van der Waals surface area (Å²) in [7, 11) is 0. The molecule has 1 atom stereocenters. The second kappa shape index (κ2) is 9.53. The quantitative estimate of drug-likeness (QED) is 0.616. The molecule has 1 aliphatic heterocycles. The lowest BCUT2D eigenvalue weighted by molar-refractivity contribution is 0.0720. The fourth-order valence-electron chi connectivity index (χ4n) is 4.39. The predicted octanol–water partition coefficient (Wildman–Crippen LogP) is 3.69. The molecule has 1 unspecified atom stereocenters. The van der Waals surface area contributed by atoms with Crippen LogP contribution in [0.3, 0.4) is 0 Å². The molecule has 7 heteroatoms. The third-order valence-corrected chi connectivity index (χ3v) is 6.11. The Hall–Kier alpha value is -3.19. The van der Waals surface area contributed by atoms with E-state index in [1.165, 1.54) is 0 Å². The maximum atomic E-state index is 13.6. The third-order valence-electron chi connectivity index (χ3n) is 6.11.